The van der Waals surface area contributed by atoms with Gasteiger partial charge in [0, 0.05) is 19.1 Å². The summed E-state index contributed by atoms with van der Waals surface area (Å²) >= 11 is 1.34. The third-order valence-corrected chi connectivity index (χ3v) is 6.10. The smallest absolute Gasteiger partial charge is 0.262 e. The fourth-order valence-corrected chi connectivity index (χ4v) is 4.68. The quantitative estimate of drug-likeness (QED) is 0.413. The van der Waals surface area contributed by atoms with Crippen LogP contribution in [0.15, 0.2) is 46.9 Å². The van der Waals surface area contributed by atoms with Gasteiger partial charge in [0.15, 0.2) is 5.16 Å². The molecule has 1 aliphatic carbocycles. The maximum Gasteiger partial charge on any atom is 0.262 e. The Balaban J connectivity index is 1.80. The Labute approximate surface area is 164 Å². The summed E-state index contributed by atoms with van der Waals surface area (Å²) in [4.78, 5) is 32.3. The number of hydrogen-bond donors (Lipinski definition) is 0. The summed E-state index contributed by atoms with van der Waals surface area (Å²) in [6.07, 6.45) is 7.55. The second kappa shape index (κ2) is 9.22. The third kappa shape index (κ3) is 4.43. The van der Waals surface area contributed by atoms with E-state index in [4.69, 9.17) is 0 Å². The molecule has 0 aliphatic heterocycles. The number of hydrogen-bond acceptors (Lipinski definition) is 4. The molecule has 1 heterocycles. The molecule has 1 aliphatic rings. The molecule has 144 valence electrons. The fraction of sp³-hybridized carbons (Fsp3) is 0.476. The van der Waals surface area contributed by atoms with Gasteiger partial charge in [-0.05, 0) is 31.9 Å². The summed E-state index contributed by atoms with van der Waals surface area (Å²) in [5.41, 5.74) is 0.576. The number of rotatable bonds is 7. The highest BCUT2D eigenvalue weighted by atomic mass is 32.2. The minimum atomic E-state index is -0.0879. The van der Waals surface area contributed by atoms with Crippen molar-refractivity contribution in [1.82, 2.24) is 14.5 Å². The molecule has 0 atom stereocenters. The molecule has 0 spiro atoms. The number of thioether (sulfide) groups is 1. The maximum atomic E-state index is 12.8. The van der Waals surface area contributed by atoms with Crippen LogP contribution in [-0.2, 0) is 11.3 Å². The highest BCUT2D eigenvalue weighted by Crippen LogP contribution is 2.24. The molecule has 1 saturated carbocycles. The molecule has 0 radical (unpaired) electrons. The summed E-state index contributed by atoms with van der Waals surface area (Å²) in [5, 5.41) is 1.17. The Bertz CT molecular complexity index is 871. The molecular formula is C21H27N3O2S. The van der Waals surface area contributed by atoms with Crippen LogP contribution in [0.2, 0.25) is 0 Å². The zero-order chi connectivity index (χ0) is 19.2. The molecule has 1 amide bonds. The zero-order valence-electron chi connectivity index (χ0n) is 15.9. The fourth-order valence-electron chi connectivity index (χ4n) is 3.79. The van der Waals surface area contributed by atoms with Crippen LogP contribution in [0.5, 0.6) is 0 Å². The van der Waals surface area contributed by atoms with E-state index in [1.165, 1.54) is 31.0 Å². The van der Waals surface area contributed by atoms with Crippen molar-refractivity contribution in [3.63, 3.8) is 0 Å². The SMILES string of the molecule is C=CCn1c(SCC(=O)N(CC)C2CCCCC2)nc2ccccc2c1=O. The van der Waals surface area contributed by atoms with Gasteiger partial charge in [0.1, 0.15) is 0 Å². The number of nitrogens with zero attached hydrogens (tertiary/aromatic N) is 3. The number of carbonyl (C=O) groups excluding carboxylic acids is 1. The van der Waals surface area contributed by atoms with Crippen molar-refractivity contribution in [2.75, 3.05) is 12.3 Å². The largest absolute Gasteiger partial charge is 0.339 e. The van der Waals surface area contributed by atoms with Crippen LogP contribution in [-0.4, -0.2) is 38.7 Å². The van der Waals surface area contributed by atoms with Gasteiger partial charge in [-0.1, -0.05) is 49.2 Å². The summed E-state index contributed by atoms with van der Waals surface area (Å²) < 4.78 is 1.60. The second-order valence-electron chi connectivity index (χ2n) is 6.88. The second-order valence-corrected chi connectivity index (χ2v) is 7.82. The van der Waals surface area contributed by atoms with E-state index >= 15 is 0 Å². The normalized spacial score (nSPS) is 15.0. The van der Waals surface area contributed by atoms with Gasteiger partial charge >= 0.3 is 0 Å². The zero-order valence-corrected chi connectivity index (χ0v) is 16.7. The monoisotopic (exact) mass is 385 g/mol. The van der Waals surface area contributed by atoms with Gasteiger partial charge < -0.3 is 4.90 Å². The van der Waals surface area contributed by atoms with E-state index in [1.807, 2.05) is 30.0 Å². The van der Waals surface area contributed by atoms with Gasteiger partial charge in [-0.25, -0.2) is 4.98 Å². The summed E-state index contributed by atoms with van der Waals surface area (Å²) in [7, 11) is 0. The third-order valence-electron chi connectivity index (χ3n) is 5.14. The standard InChI is InChI=1S/C21H27N3O2S/c1-3-14-24-20(26)17-12-8-9-13-18(17)22-21(24)27-15-19(25)23(4-2)16-10-6-5-7-11-16/h3,8-9,12-13,16H,1,4-7,10-11,14-15H2,2H3. The minimum absolute atomic E-state index is 0.0879. The van der Waals surface area contributed by atoms with Crippen LogP contribution in [0.1, 0.15) is 39.0 Å². The van der Waals surface area contributed by atoms with Gasteiger partial charge in [0.25, 0.3) is 5.56 Å². The molecule has 3 rings (SSSR count). The summed E-state index contributed by atoms with van der Waals surface area (Å²) in [6, 6.07) is 7.68. The Morgan fingerprint density at radius 1 is 1.33 bits per heavy atom. The molecular weight excluding hydrogens is 358 g/mol. The van der Waals surface area contributed by atoms with Crippen molar-refractivity contribution in [3.8, 4) is 0 Å². The van der Waals surface area contributed by atoms with Crippen molar-refractivity contribution in [1.29, 1.82) is 0 Å². The predicted octanol–water partition coefficient (Wildman–Crippen LogP) is 3.86. The van der Waals surface area contributed by atoms with Crippen molar-refractivity contribution < 1.29 is 4.79 Å². The molecule has 27 heavy (non-hydrogen) atoms. The van der Waals surface area contributed by atoms with Crippen LogP contribution < -0.4 is 5.56 Å². The average molecular weight is 386 g/mol. The van der Waals surface area contributed by atoms with Crippen LogP contribution in [0.3, 0.4) is 0 Å². The average Bonchev–Trinajstić information content (AvgIpc) is 2.70. The molecule has 5 nitrogen and oxygen atoms in total. The summed E-state index contributed by atoms with van der Waals surface area (Å²) in [6.45, 7) is 6.90. The molecule has 1 aromatic carbocycles. The van der Waals surface area contributed by atoms with E-state index in [2.05, 4.69) is 11.6 Å². The van der Waals surface area contributed by atoms with Crippen LogP contribution in [0.25, 0.3) is 10.9 Å². The highest BCUT2D eigenvalue weighted by molar-refractivity contribution is 7.99. The van der Waals surface area contributed by atoms with Crippen LogP contribution >= 0.6 is 11.8 Å². The molecule has 1 fully saturated rings. The van der Waals surface area contributed by atoms with Gasteiger partial charge in [-0.3, -0.25) is 14.2 Å². The van der Waals surface area contributed by atoms with E-state index in [0.717, 1.165) is 19.4 Å². The predicted molar refractivity (Wildman–Crippen MR) is 111 cm³/mol. The first-order valence-electron chi connectivity index (χ1n) is 9.68. The van der Waals surface area contributed by atoms with Gasteiger partial charge in [-0.2, -0.15) is 0 Å². The minimum Gasteiger partial charge on any atom is -0.339 e. The number of aromatic nitrogens is 2. The number of para-hydroxylation sites is 1. The number of benzene rings is 1. The van der Waals surface area contributed by atoms with Crippen molar-refractivity contribution in [3.05, 3.63) is 47.3 Å². The summed E-state index contributed by atoms with van der Waals surface area (Å²) in [5.74, 6) is 0.425. The molecule has 6 heteroatoms. The van der Waals surface area contributed by atoms with Crippen molar-refractivity contribution >= 4 is 28.6 Å². The first-order valence-corrected chi connectivity index (χ1v) is 10.7. The molecule has 0 unspecified atom stereocenters. The topological polar surface area (TPSA) is 55.2 Å². The van der Waals surface area contributed by atoms with Crippen molar-refractivity contribution in [2.24, 2.45) is 0 Å². The lowest BCUT2D eigenvalue weighted by atomic mass is 9.94. The van der Waals surface area contributed by atoms with Gasteiger partial charge in [-0.15, -0.1) is 6.58 Å². The number of carbonyl (C=O) groups is 1. The highest BCUT2D eigenvalue weighted by Gasteiger charge is 2.24. The molecule has 1 aromatic heterocycles. The Kier molecular flexibility index (Phi) is 6.72. The lowest BCUT2D eigenvalue weighted by Gasteiger charge is -2.33. The maximum absolute atomic E-state index is 12.8. The molecule has 0 saturated heterocycles. The van der Waals surface area contributed by atoms with E-state index in [1.54, 1.807) is 16.7 Å². The van der Waals surface area contributed by atoms with E-state index in [-0.39, 0.29) is 11.5 Å². The van der Waals surface area contributed by atoms with Crippen LogP contribution in [0, 0.1) is 0 Å². The van der Waals surface area contributed by atoms with Crippen LogP contribution in [0.4, 0.5) is 0 Å². The van der Waals surface area contributed by atoms with Gasteiger partial charge in [0.2, 0.25) is 5.91 Å². The van der Waals surface area contributed by atoms with Gasteiger partial charge in [0.05, 0.1) is 16.7 Å². The Morgan fingerprint density at radius 2 is 2.07 bits per heavy atom. The first-order chi connectivity index (χ1) is 13.2. The van der Waals surface area contributed by atoms with E-state index in [0.29, 0.717) is 34.4 Å². The van der Waals surface area contributed by atoms with Crippen molar-refractivity contribution in [2.45, 2.75) is 56.8 Å². The number of fused-ring (bicyclic) bond motifs is 1. The number of amides is 1. The van der Waals surface area contributed by atoms with E-state index < -0.39 is 0 Å². The van der Waals surface area contributed by atoms with E-state index in [9.17, 15) is 9.59 Å². The molecule has 0 bridgehead atoms. The first kappa shape index (κ1) is 19.7. The molecule has 0 N–H and O–H groups in total. The Hall–Kier alpha value is -2.08. The lowest BCUT2D eigenvalue weighted by molar-refractivity contribution is -0.131. The lowest BCUT2D eigenvalue weighted by Crippen LogP contribution is -2.42. The number of allylic oxidation sites excluding steroid dienone is 1. The Morgan fingerprint density at radius 3 is 2.78 bits per heavy atom. The molecule has 2 aromatic rings.